The van der Waals surface area contributed by atoms with Crippen LogP contribution < -0.4 is 4.74 Å². The van der Waals surface area contributed by atoms with Crippen molar-refractivity contribution in [1.29, 1.82) is 0 Å². The topological polar surface area (TPSA) is 35.0 Å². The van der Waals surface area contributed by atoms with Gasteiger partial charge < -0.3 is 4.74 Å². The van der Waals surface area contributed by atoms with Crippen molar-refractivity contribution in [2.75, 3.05) is 0 Å². The smallest absolute Gasteiger partial charge is 0.160 e. The molecule has 2 heterocycles. The summed E-state index contributed by atoms with van der Waals surface area (Å²) in [6.07, 6.45) is 5.46. The quantitative estimate of drug-likeness (QED) is 0.181. The van der Waals surface area contributed by atoms with Crippen LogP contribution in [0, 0.1) is 0 Å². The van der Waals surface area contributed by atoms with E-state index in [2.05, 4.69) is 176 Å². The minimum absolute atomic E-state index is 0.503. The molecule has 0 atom stereocenters. The van der Waals surface area contributed by atoms with E-state index in [0.717, 1.165) is 62.7 Å². The average Bonchev–Trinajstić information content (AvgIpc) is 3.57. The number of allylic oxidation sites excluding steroid dienone is 1. The molecule has 12 rings (SSSR count). The zero-order chi connectivity index (χ0) is 37.5. The standard InChI is InChI=1S/C54H34N2O/c1-2-12-37(13-3-1)53-55-48(33-49(56-53)41-30-39-16-10-14-36-15-11-17-40(31-41)52(36)39)35-26-24-34(25-27-35)38-28-29-51-47(32-38)54(46-22-8-9-23-50(46)57-51)44-20-6-4-18-42(44)43-19-5-7-21-45(43)54/h1-14,16-33H,15H2. The molecule has 57 heavy (non-hydrogen) atoms. The number of benzene rings is 8. The summed E-state index contributed by atoms with van der Waals surface area (Å²) in [5, 5.41) is 2.57. The lowest BCUT2D eigenvalue weighted by molar-refractivity contribution is 0.436. The first-order chi connectivity index (χ1) is 28.2. The lowest BCUT2D eigenvalue weighted by Crippen LogP contribution is -2.32. The third kappa shape index (κ3) is 4.79. The molecule has 0 amide bonds. The molecule has 0 saturated carbocycles. The summed E-state index contributed by atoms with van der Waals surface area (Å²) in [6, 6.07) is 65.3. The van der Waals surface area contributed by atoms with Crippen LogP contribution in [0.3, 0.4) is 0 Å². The van der Waals surface area contributed by atoms with Crippen LogP contribution >= 0.6 is 0 Å². The van der Waals surface area contributed by atoms with Gasteiger partial charge in [-0.1, -0.05) is 158 Å². The number of hydrogen-bond donors (Lipinski definition) is 0. The summed E-state index contributed by atoms with van der Waals surface area (Å²) in [7, 11) is 0. The van der Waals surface area contributed by atoms with E-state index in [9.17, 15) is 0 Å². The molecule has 0 fully saturated rings. The number of fused-ring (bicyclic) bond motifs is 9. The van der Waals surface area contributed by atoms with Gasteiger partial charge in [-0.05, 0) is 98.1 Å². The Kier molecular flexibility index (Phi) is 6.91. The maximum absolute atomic E-state index is 6.69. The molecule has 266 valence electrons. The Morgan fingerprint density at radius 1 is 0.439 bits per heavy atom. The second kappa shape index (κ2) is 12.3. The summed E-state index contributed by atoms with van der Waals surface area (Å²) in [4.78, 5) is 10.3. The molecule has 2 aliphatic carbocycles. The van der Waals surface area contributed by atoms with Gasteiger partial charge in [0.05, 0.1) is 16.8 Å². The van der Waals surface area contributed by atoms with Gasteiger partial charge in [-0.15, -0.1) is 0 Å². The molecular formula is C54H34N2O. The maximum atomic E-state index is 6.69. The predicted molar refractivity (Wildman–Crippen MR) is 231 cm³/mol. The minimum Gasteiger partial charge on any atom is -0.457 e. The fourth-order valence-corrected chi connectivity index (χ4v) is 9.63. The molecule has 0 N–H and O–H groups in total. The van der Waals surface area contributed by atoms with Gasteiger partial charge in [0.1, 0.15) is 11.5 Å². The molecule has 0 saturated heterocycles. The molecule has 8 aromatic carbocycles. The van der Waals surface area contributed by atoms with Crippen molar-refractivity contribution in [3.63, 3.8) is 0 Å². The Labute approximate surface area is 331 Å². The number of rotatable bonds is 4. The summed E-state index contributed by atoms with van der Waals surface area (Å²) in [6.45, 7) is 0. The number of nitrogens with zero attached hydrogens (tertiary/aromatic N) is 2. The summed E-state index contributed by atoms with van der Waals surface area (Å²) in [5.74, 6) is 2.50. The number of hydrogen-bond acceptors (Lipinski definition) is 3. The summed E-state index contributed by atoms with van der Waals surface area (Å²) in [5.41, 5.74) is 16.7. The van der Waals surface area contributed by atoms with E-state index in [4.69, 9.17) is 14.7 Å². The Hall–Kier alpha value is -7.36. The van der Waals surface area contributed by atoms with Gasteiger partial charge in [-0.25, -0.2) is 9.97 Å². The van der Waals surface area contributed by atoms with Gasteiger partial charge in [0.2, 0.25) is 0 Å². The first-order valence-electron chi connectivity index (χ1n) is 19.6. The Balaban J connectivity index is 0.985. The molecule has 3 nitrogen and oxygen atoms in total. The van der Waals surface area contributed by atoms with E-state index in [1.165, 1.54) is 49.7 Å². The third-order valence-corrected chi connectivity index (χ3v) is 12.1. The molecule has 0 unspecified atom stereocenters. The zero-order valence-corrected chi connectivity index (χ0v) is 31.0. The molecule has 0 radical (unpaired) electrons. The van der Waals surface area contributed by atoms with Gasteiger partial charge in [0.15, 0.2) is 5.82 Å². The van der Waals surface area contributed by atoms with Crippen molar-refractivity contribution in [1.82, 2.24) is 9.97 Å². The molecular weight excluding hydrogens is 693 g/mol. The zero-order valence-electron chi connectivity index (χ0n) is 31.0. The van der Waals surface area contributed by atoms with Crippen molar-refractivity contribution >= 4 is 16.8 Å². The van der Waals surface area contributed by atoms with Crippen LogP contribution in [-0.4, -0.2) is 9.97 Å². The Morgan fingerprint density at radius 2 is 1.09 bits per heavy atom. The second-order valence-electron chi connectivity index (χ2n) is 15.2. The third-order valence-electron chi connectivity index (χ3n) is 12.1. The Bertz CT molecular complexity index is 3080. The van der Waals surface area contributed by atoms with Gasteiger partial charge in [-0.2, -0.15) is 0 Å². The van der Waals surface area contributed by atoms with Crippen LogP contribution in [0.5, 0.6) is 11.5 Å². The second-order valence-corrected chi connectivity index (χ2v) is 15.2. The van der Waals surface area contributed by atoms with Crippen molar-refractivity contribution < 1.29 is 4.74 Å². The molecule has 0 bridgehead atoms. The molecule has 1 spiro atoms. The highest BCUT2D eigenvalue weighted by atomic mass is 16.5. The monoisotopic (exact) mass is 726 g/mol. The fourth-order valence-electron chi connectivity index (χ4n) is 9.63. The van der Waals surface area contributed by atoms with E-state index in [-0.39, 0.29) is 0 Å². The molecule has 1 aromatic heterocycles. The van der Waals surface area contributed by atoms with E-state index < -0.39 is 5.41 Å². The number of ether oxygens (including phenoxy) is 1. The summed E-state index contributed by atoms with van der Waals surface area (Å²) < 4.78 is 6.69. The van der Waals surface area contributed by atoms with Gasteiger partial charge in [0, 0.05) is 27.8 Å². The van der Waals surface area contributed by atoms with Crippen molar-refractivity contribution in [3.05, 3.63) is 221 Å². The predicted octanol–water partition coefficient (Wildman–Crippen LogP) is 13.3. The van der Waals surface area contributed by atoms with Crippen LogP contribution in [0.25, 0.3) is 73.0 Å². The van der Waals surface area contributed by atoms with E-state index in [0.29, 0.717) is 5.82 Å². The highest BCUT2D eigenvalue weighted by Gasteiger charge is 2.51. The van der Waals surface area contributed by atoms with Gasteiger partial charge in [0.25, 0.3) is 0 Å². The first kappa shape index (κ1) is 31.9. The van der Waals surface area contributed by atoms with Crippen LogP contribution in [0.4, 0.5) is 0 Å². The lowest BCUT2D eigenvalue weighted by atomic mass is 9.66. The molecule has 3 aliphatic rings. The molecule has 3 heteroatoms. The highest BCUT2D eigenvalue weighted by Crippen LogP contribution is 2.62. The number of para-hydroxylation sites is 1. The van der Waals surface area contributed by atoms with Crippen LogP contribution in [0.1, 0.15) is 33.4 Å². The van der Waals surface area contributed by atoms with Gasteiger partial charge in [-0.3, -0.25) is 0 Å². The van der Waals surface area contributed by atoms with E-state index in [1.54, 1.807) is 0 Å². The van der Waals surface area contributed by atoms with Gasteiger partial charge >= 0.3 is 0 Å². The largest absolute Gasteiger partial charge is 0.457 e. The van der Waals surface area contributed by atoms with Crippen molar-refractivity contribution in [2.24, 2.45) is 0 Å². The fraction of sp³-hybridized carbons (Fsp3) is 0.0370. The lowest BCUT2D eigenvalue weighted by Gasteiger charge is -2.39. The number of aromatic nitrogens is 2. The van der Waals surface area contributed by atoms with Crippen molar-refractivity contribution in [2.45, 2.75) is 11.8 Å². The van der Waals surface area contributed by atoms with E-state index in [1.807, 2.05) is 18.2 Å². The van der Waals surface area contributed by atoms with Crippen LogP contribution in [0.15, 0.2) is 188 Å². The van der Waals surface area contributed by atoms with Crippen molar-refractivity contribution in [3.8, 4) is 67.7 Å². The first-order valence-corrected chi connectivity index (χ1v) is 19.6. The highest BCUT2D eigenvalue weighted by molar-refractivity contribution is 5.98. The molecule has 1 aliphatic heterocycles. The maximum Gasteiger partial charge on any atom is 0.160 e. The normalized spacial score (nSPS) is 13.8. The van der Waals surface area contributed by atoms with Crippen LogP contribution in [0.2, 0.25) is 0 Å². The SMILES string of the molecule is C1=Cc2cc(-c3cc(-c4ccc(-c5ccc6c(c5)C5(c7ccccc7O6)c6ccccc6-c6ccccc65)cc4)nc(-c4ccccc4)n3)cc3cccc(c23)C1. The summed E-state index contributed by atoms with van der Waals surface area (Å²) >= 11 is 0. The van der Waals surface area contributed by atoms with E-state index >= 15 is 0 Å². The Morgan fingerprint density at radius 3 is 1.88 bits per heavy atom. The molecule has 9 aromatic rings. The minimum atomic E-state index is -0.503. The van der Waals surface area contributed by atoms with Crippen LogP contribution in [-0.2, 0) is 11.8 Å². The average molecular weight is 727 g/mol.